The van der Waals surface area contributed by atoms with Gasteiger partial charge in [-0.1, -0.05) is 24.3 Å². The first-order valence-electron chi connectivity index (χ1n) is 8.20. The molecule has 0 saturated carbocycles. The number of anilines is 1. The molecule has 0 spiro atoms. The molecule has 4 aromatic rings. The fourth-order valence-corrected chi connectivity index (χ4v) is 3.01. The SMILES string of the molecule is Cc1cc(-c2ccc(Cc3cc4ccncc4c(N)n3)cc2)ccn1. The van der Waals surface area contributed by atoms with Crippen LogP contribution in [0.2, 0.25) is 0 Å². The molecule has 4 nitrogen and oxygen atoms in total. The molecule has 0 bridgehead atoms. The minimum atomic E-state index is 0.532. The molecule has 0 fully saturated rings. The van der Waals surface area contributed by atoms with Crippen molar-refractivity contribution < 1.29 is 0 Å². The van der Waals surface area contributed by atoms with Crippen LogP contribution in [0, 0.1) is 6.92 Å². The van der Waals surface area contributed by atoms with Gasteiger partial charge in [0.1, 0.15) is 5.82 Å². The van der Waals surface area contributed by atoms with Crippen LogP contribution in [0.25, 0.3) is 21.9 Å². The summed E-state index contributed by atoms with van der Waals surface area (Å²) in [6, 6.07) is 16.7. The highest BCUT2D eigenvalue weighted by Gasteiger charge is 2.05. The fourth-order valence-electron chi connectivity index (χ4n) is 3.01. The van der Waals surface area contributed by atoms with Crippen molar-refractivity contribution in [3.05, 3.63) is 84.1 Å². The molecule has 0 saturated heterocycles. The van der Waals surface area contributed by atoms with Gasteiger partial charge < -0.3 is 5.73 Å². The molecule has 1 aromatic carbocycles. The molecule has 4 rings (SSSR count). The Morgan fingerprint density at radius 3 is 2.56 bits per heavy atom. The molecule has 0 radical (unpaired) electrons. The molecule has 0 aliphatic heterocycles. The van der Waals surface area contributed by atoms with Gasteiger partial charge in [-0.25, -0.2) is 4.98 Å². The van der Waals surface area contributed by atoms with Gasteiger partial charge in [0.05, 0.1) is 0 Å². The minimum Gasteiger partial charge on any atom is -0.383 e. The highest BCUT2D eigenvalue weighted by molar-refractivity contribution is 5.90. The molecule has 0 atom stereocenters. The van der Waals surface area contributed by atoms with Crippen LogP contribution in [0.1, 0.15) is 17.0 Å². The van der Waals surface area contributed by atoms with Crippen molar-refractivity contribution in [2.24, 2.45) is 0 Å². The van der Waals surface area contributed by atoms with E-state index in [4.69, 9.17) is 5.73 Å². The molecule has 0 aliphatic carbocycles. The van der Waals surface area contributed by atoms with Gasteiger partial charge in [-0.2, -0.15) is 0 Å². The molecule has 2 N–H and O–H groups in total. The van der Waals surface area contributed by atoms with Crippen LogP contribution < -0.4 is 5.73 Å². The molecular weight excluding hydrogens is 308 g/mol. The monoisotopic (exact) mass is 326 g/mol. The van der Waals surface area contributed by atoms with Crippen LogP contribution in [0.3, 0.4) is 0 Å². The van der Waals surface area contributed by atoms with Crippen LogP contribution in [0.15, 0.2) is 67.1 Å². The Hall–Kier alpha value is -3.27. The normalized spacial score (nSPS) is 10.9. The number of hydrogen-bond acceptors (Lipinski definition) is 4. The zero-order chi connectivity index (χ0) is 17.2. The van der Waals surface area contributed by atoms with E-state index in [0.29, 0.717) is 5.82 Å². The van der Waals surface area contributed by atoms with Crippen LogP contribution in [0.5, 0.6) is 0 Å². The molecule has 0 aliphatic rings. The molecular formula is C21H18N4. The minimum absolute atomic E-state index is 0.532. The Balaban J connectivity index is 1.61. The predicted octanol–water partition coefficient (Wildman–Crippen LogP) is 4.17. The predicted molar refractivity (Wildman–Crippen MR) is 101 cm³/mol. The summed E-state index contributed by atoms with van der Waals surface area (Å²) in [5.41, 5.74) is 11.6. The zero-order valence-electron chi connectivity index (χ0n) is 14.0. The number of rotatable bonds is 3. The Bertz CT molecular complexity index is 1040. The quantitative estimate of drug-likeness (QED) is 0.613. The van der Waals surface area contributed by atoms with Crippen molar-refractivity contribution in [1.82, 2.24) is 15.0 Å². The first kappa shape index (κ1) is 15.3. The lowest BCUT2D eigenvalue weighted by Gasteiger charge is -2.07. The lowest BCUT2D eigenvalue weighted by Crippen LogP contribution is -1.98. The molecule has 122 valence electrons. The molecule has 3 aromatic heterocycles. The van der Waals surface area contributed by atoms with Crippen LogP contribution in [0.4, 0.5) is 5.82 Å². The van der Waals surface area contributed by atoms with E-state index in [-0.39, 0.29) is 0 Å². The van der Waals surface area contributed by atoms with Crippen LogP contribution in [-0.2, 0) is 6.42 Å². The van der Waals surface area contributed by atoms with E-state index < -0.39 is 0 Å². The van der Waals surface area contributed by atoms with Gasteiger partial charge in [0.15, 0.2) is 0 Å². The van der Waals surface area contributed by atoms with Crippen molar-refractivity contribution in [2.45, 2.75) is 13.3 Å². The van der Waals surface area contributed by atoms with Crippen LogP contribution in [-0.4, -0.2) is 15.0 Å². The summed E-state index contributed by atoms with van der Waals surface area (Å²) in [7, 11) is 0. The summed E-state index contributed by atoms with van der Waals surface area (Å²) in [6.07, 6.45) is 6.12. The standard InChI is InChI=1S/C21H18N4/c1-14-10-17(7-9-24-14)16-4-2-15(3-5-16)11-19-12-18-6-8-23-13-20(18)21(22)25-19/h2-10,12-13H,11H2,1H3,(H2,22,25). The maximum Gasteiger partial charge on any atom is 0.133 e. The average molecular weight is 326 g/mol. The lowest BCUT2D eigenvalue weighted by molar-refractivity contribution is 1.09. The second-order valence-electron chi connectivity index (χ2n) is 6.16. The molecule has 4 heteroatoms. The average Bonchev–Trinajstić information content (AvgIpc) is 2.62. The molecule has 0 unspecified atom stereocenters. The summed E-state index contributed by atoms with van der Waals surface area (Å²) in [4.78, 5) is 12.9. The Morgan fingerprint density at radius 2 is 1.76 bits per heavy atom. The number of nitrogen functional groups attached to an aromatic ring is 1. The number of nitrogens with two attached hydrogens (primary N) is 1. The zero-order valence-corrected chi connectivity index (χ0v) is 14.0. The number of aromatic nitrogens is 3. The Kier molecular flexibility index (Phi) is 3.86. The van der Waals surface area contributed by atoms with E-state index in [1.807, 2.05) is 25.3 Å². The summed E-state index contributed by atoms with van der Waals surface area (Å²) in [6.45, 7) is 2.00. The molecule has 25 heavy (non-hydrogen) atoms. The van der Waals surface area contributed by atoms with Crippen molar-refractivity contribution in [2.75, 3.05) is 5.73 Å². The van der Waals surface area contributed by atoms with Gasteiger partial charge >= 0.3 is 0 Å². The molecule has 0 amide bonds. The summed E-state index contributed by atoms with van der Waals surface area (Å²) < 4.78 is 0. The summed E-state index contributed by atoms with van der Waals surface area (Å²) >= 11 is 0. The third-order valence-corrected chi connectivity index (χ3v) is 4.29. The number of hydrogen-bond donors (Lipinski definition) is 1. The van der Waals surface area contributed by atoms with Crippen molar-refractivity contribution >= 4 is 16.6 Å². The van der Waals surface area contributed by atoms with E-state index in [9.17, 15) is 0 Å². The largest absolute Gasteiger partial charge is 0.383 e. The second kappa shape index (κ2) is 6.32. The number of nitrogens with zero attached hydrogens (tertiary/aromatic N) is 3. The van der Waals surface area contributed by atoms with Gasteiger partial charge in [0.25, 0.3) is 0 Å². The van der Waals surface area contributed by atoms with E-state index in [2.05, 4.69) is 51.4 Å². The van der Waals surface area contributed by atoms with Crippen molar-refractivity contribution in [3.63, 3.8) is 0 Å². The topological polar surface area (TPSA) is 64.7 Å². The number of fused-ring (bicyclic) bond motifs is 1. The summed E-state index contributed by atoms with van der Waals surface area (Å²) in [5, 5.41) is 1.97. The Labute approximate surface area is 146 Å². The van der Waals surface area contributed by atoms with E-state index >= 15 is 0 Å². The third kappa shape index (κ3) is 3.19. The number of benzene rings is 1. The third-order valence-electron chi connectivity index (χ3n) is 4.29. The first-order valence-corrected chi connectivity index (χ1v) is 8.20. The second-order valence-corrected chi connectivity index (χ2v) is 6.16. The maximum absolute atomic E-state index is 6.07. The number of pyridine rings is 3. The highest BCUT2D eigenvalue weighted by atomic mass is 14.8. The molecule has 3 heterocycles. The van der Waals surface area contributed by atoms with Crippen molar-refractivity contribution in [1.29, 1.82) is 0 Å². The number of aryl methyl sites for hydroxylation is 1. The fraction of sp³-hybridized carbons (Fsp3) is 0.0952. The van der Waals surface area contributed by atoms with Gasteiger partial charge in [-0.3, -0.25) is 9.97 Å². The highest BCUT2D eigenvalue weighted by Crippen LogP contribution is 2.23. The van der Waals surface area contributed by atoms with Gasteiger partial charge in [0, 0.05) is 41.8 Å². The van der Waals surface area contributed by atoms with Gasteiger partial charge in [0.2, 0.25) is 0 Å². The lowest BCUT2D eigenvalue weighted by atomic mass is 10.0. The van der Waals surface area contributed by atoms with E-state index in [1.54, 1.807) is 12.4 Å². The van der Waals surface area contributed by atoms with Crippen LogP contribution >= 0.6 is 0 Å². The van der Waals surface area contributed by atoms with Gasteiger partial charge in [-0.15, -0.1) is 0 Å². The summed E-state index contributed by atoms with van der Waals surface area (Å²) in [5.74, 6) is 0.532. The Morgan fingerprint density at radius 1 is 0.920 bits per heavy atom. The maximum atomic E-state index is 6.07. The van der Waals surface area contributed by atoms with Gasteiger partial charge in [-0.05, 0) is 53.3 Å². The smallest absolute Gasteiger partial charge is 0.133 e. The van der Waals surface area contributed by atoms with E-state index in [0.717, 1.165) is 28.6 Å². The first-order chi connectivity index (χ1) is 12.2. The van der Waals surface area contributed by atoms with Crippen molar-refractivity contribution in [3.8, 4) is 11.1 Å². The van der Waals surface area contributed by atoms with E-state index in [1.165, 1.54) is 16.7 Å².